The molecule has 6 heteroatoms. The van der Waals surface area contributed by atoms with Crippen LogP contribution in [0.2, 0.25) is 0 Å². The number of hydrogen-bond acceptors (Lipinski definition) is 0. The normalized spacial score (nSPS) is 17.1. The number of hydrogen-bond donors (Lipinski definition) is 0. The quantitative estimate of drug-likeness (QED) is 0.198. The van der Waals surface area contributed by atoms with Gasteiger partial charge in [-0.05, 0) is 106 Å². The zero-order chi connectivity index (χ0) is 27.6. The number of aryl methyl sites for hydroxylation is 2. The van der Waals surface area contributed by atoms with Crippen LogP contribution in [0.25, 0.3) is 0 Å². The van der Waals surface area contributed by atoms with Gasteiger partial charge in [0.2, 0.25) is 0 Å². The summed E-state index contributed by atoms with van der Waals surface area (Å²) in [6.45, 7) is 19.0. The average molecular weight is 525 g/mol. The first kappa shape index (κ1) is 30.8. The van der Waals surface area contributed by atoms with Gasteiger partial charge in [-0.25, -0.2) is 0 Å². The fraction of sp³-hybridized carbons (Fsp3) is 0.600. The SMILES string of the molecule is Cc1c2cc(C(C)(C)C)cc1CC([S+](C)C)c1cc(C(C)(C)C)cc(c1C)CCCC2.F[B-](F)(F)F. The monoisotopic (exact) mass is 524 g/mol. The van der Waals surface area contributed by atoms with Crippen LogP contribution in [0.5, 0.6) is 0 Å². The molecule has 2 aromatic rings. The number of fused-ring (bicyclic) bond motifs is 4. The van der Waals surface area contributed by atoms with E-state index in [1.54, 1.807) is 33.4 Å². The molecule has 1 atom stereocenters. The lowest BCUT2D eigenvalue weighted by Gasteiger charge is -2.28. The fourth-order valence-electron chi connectivity index (χ4n) is 4.93. The molecule has 0 saturated heterocycles. The Hall–Kier alpha value is -1.43. The fourth-order valence-corrected chi connectivity index (χ4v) is 6.20. The highest BCUT2D eigenvalue weighted by atomic mass is 32.2. The maximum Gasteiger partial charge on any atom is 0.673 e. The van der Waals surface area contributed by atoms with E-state index in [4.69, 9.17) is 0 Å². The number of halogens is 4. The van der Waals surface area contributed by atoms with Crippen molar-refractivity contribution < 1.29 is 17.3 Å². The first-order chi connectivity index (χ1) is 16.3. The van der Waals surface area contributed by atoms with E-state index in [1.807, 2.05) is 0 Å². The molecule has 4 bridgehead atoms. The predicted octanol–water partition coefficient (Wildman–Crippen LogP) is 9.24. The summed E-state index contributed by atoms with van der Waals surface area (Å²) in [4.78, 5) is 0. The van der Waals surface area contributed by atoms with Crippen LogP contribution in [0.1, 0.15) is 104 Å². The van der Waals surface area contributed by atoms with Crippen LogP contribution >= 0.6 is 0 Å². The van der Waals surface area contributed by atoms with Crippen molar-refractivity contribution in [1.29, 1.82) is 0 Å². The summed E-state index contributed by atoms with van der Waals surface area (Å²) < 4.78 is 39.0. The predicted molar refractivity (Wildman–Crippen MR) is 152 cm³/mol. The Morgan fingerprint density at radius 1 is 0.694 bits per heavy atom. The van der Waals surface area contributed by atoms with E-state index >= 15 is 0 Å². The summed E-state index contributed by atoms with van der Waals surface area (Å²) in [6.07, 6.45) is 11.0. The lowest BCUT2D eigenvalue weighted by molar-refractivity contribution is 0.368. The molecule has 0 saturated carbocycles. The van der Waals surface area contributed by atoms with Gasteiger partial charge in [-0.3, -0.25) is 0 Å². The van der Waals surface area contributed by atoms with Crippen molar-refractivity contribution in [3.05, 3.63) is 68.8 Å². The molecule has 0 aliphatic heterocycles. The zero-order valence-electron chi connectivity index (χ0n) is 23.9. The van der Waals surface area contributed by atoms with Crippen molar-refractivity contribution in [3.63, 3.8) is 0 Å². The Labute approximate surface area is 220 Å². The van der Waals surface area contributed by atoms with Gasteiger partial charge in [0.15, 0.2) is 0 Å². The minimum Gasteiger partial charge on any atom is -0.418 e. The highest BCUT2D eigenvalue weighted by molar-refractivity contribution is 7.95. The summed E-state index contributed by atoms with van der Waals surface area (Å²) in [5.74, 6) is 0. The Morgan fingerprint density at radius 3 is 1.50 bits per heavy atom. The Bertz CT molecular complexity index is 1040. The molecule has 0 N–H and O–H groups in total. The summed E-state index contributed by atoms with van der Waals surface area (Å²) >= 11 is 0. The van der Waals surface area contributed by atoms with Gasteiger partial charge in [-0.2, -0.15) is 0 Å². The highest BCUT2D eigenvalue weighted by Gasteiger charge is 2.30. The highest BCUT2D eigenvalue weighted by Crippen LogP contribution is 2.38. The summed E-state index contributed by atoms with van der Waals surface area (Å²) in [6, 6.07) is 10.1. The Balaban J connectivity index is 0.000000830. The molecule has 2 aromatic carbocycles. The van der Waals surface area contributed by atoms with Crippen molar-refractivity contribution in [2.45, 2.75) is 104 Å². The molecule has 0 heterocycles. The lowest BCUT2D eigenvalue weighted by Crippen LogP contribution is -2.20. The third kappa shape index (κ3) is 8.57. The van der Waals surface area contributed by atoms with Gasteiger partial charge in [0.05, 0.1) is 12.5 Å². The lowest BCUT2D eigenvalue weighted by atomic mass is 9.79. The summed E-state index contributed by atoms with van der Waals surface area (Å²) in [5.41, 5.74) is 12.9. The van der Waals surface area contributed by atoms with Gasteiger partial charge in [0.1, 0.15) is 5.25 Å². The van der Waals surface area contributed by atoms with Crippen LogP contribution < -0.4 is 0 Å². The van der Waals surface area contributed by atoms with Crippen LogP contribution in [0.4, 0.5) is 17.3 Å². The molecular formula is C30H45BF4S. The van der Waals surface area contributed by atoms with Crippen molar-refractivity contribution in [3.8, 4) is 0 Å². The maximum absolute atomic E-state index is 9.75. The second kappa shape index (κ2) is 11.5. The molecule has 1 aliphatic carbocycles. The molecular weight excluding hydrogens is 479 g/mol. The third-order valence-corrected chi connectivity index (χ3v) is 8.93. The Kier molecular flexibility index (Phi) is 9.87. The van der Waals surface area contributed by atoms with E-state index in [2.05, 4.69) is 92.2 Å². The van der Waals surface area contributed by atoms with Crippen molar-refractivity contribution in [1.82, 2.24) is 0 Å². The van der Waals surface area contributed by atoms with Gasteiger partial charge in [0.25, 0.3) is 0 Å². The topological polar surface area (TPSA) is 0 Å². The van der Waals surface area contributed by atoms with E-state index < -0.39 is 7.25 Å². The van der Waals surface area contributed by atoms with Crippen LogP contribution in [0.3, 0.4) is 0 Å². The molecule has 0 spiro atoms. The van der Waals surface area contributed by atoms with E-state index in [-0.39, 0.29) is 10.8 Å². The number of benzene rings is 2. The van der Waals surface area contributed by atoms with Gasteiger partial charge in [-0.1, -0.05) is 59.7 Å². The van der Waals surface area contributed by atoms with Crippen LogP contribution in [-0.4, -0.2) is 19.8 Å². The second-order valence-electron chi connectivity index (χ2n) is 12.5. The third-order valence-electron chi connectivity index (χ3n) is 7.37. The molecule has 0 aromatic heterocycles. The van der Waals surface area contributed by atoms with E-state index in [1.165, 1.54) is 36.8 Å². The van der Waals surface area contributed by atoms with Crippen LogP contribution in [-0.2, 0) is 41.0 Å². The first-order valence-electron chi connectivity index (χ1n) is 13.0. The molecule has 202 valence electrons. The Morgan fingerprint density at radius 2 is 1.08 bits per heavy atom. The van der Waals surface area contributed by atoms with E-state index in [9.17, 15) is 17.3 Å². The summed E-state index contributed by atoms with van der Waals surface area (Å²) in [7, 11) is -5.69. The maximum atomic E-state index is 9.75. The molecule has 1 unspecified atom stereocenters. The molecule has 36 heavy (non-hydrogen) atoms. The molecule has 3 rings (SSSR count). The van der Waals surface area contributed by atoms with Crippen molar-refractivity contribution in [2.75, 3.05) is 12.5 Å². The molecule has 0 amide bonds. The van der Waals surface area contributed by atoms with E-state index in [0.717, 1.165) is 6.42 Å². The largest absolute Gasteiger partial charge is 0.673 e. The van der Waals surface area contributed by atoms with Crippen LogP contribution in [0, 0.1) is 13.8 Å². The molecule has 0 fully saturated rings. The first-order valence-corrected chi connectivity index (χ1v) is 15.1. The average Bonchev–Trinajstić information content (AvgIpc) is 2.68. The minimum absolute atomic E-state index is 0.189. The second-order valence-corrected chi connectivity index (χ2v) is 14.9. The van der Waals surface area contributed by atoms with Gasteiger partial charge in [0, 0.05) is 12.0 Å². The van der Waals surface area contributed by atoms with Crippen molar-refractivity contribution in [2.24, 2.45) is 0 Å². The number of rotatable bonds is 1. The molecule has 1 aliphatic rings. The van der Waals surface area contributed by atoms with Gasteiger partial charge in [-0.15, -0.1) is 0 Å². The van der Waals surface area contributed by atoms with Crippen LogP contribution in [0.15, 0.2) is 24.3 Å². The molecule has 0 nitrogen and oxygen atoms in total. The van der Waals surface area contributed by atoms with E-state index in [0.29, 0.717) is 16.1 Å². The minimum atomic E-state index is -6.00. The standard InChI is InChI=1S/C30H45S.BF4/c1-20-22-13-11-12-14-23-16-26(30(6,7)8)19-27(21(23)2)28(31(9)10)18-24(20)17-25(15-22)29(3,4)5;2-1(3,4)5/h15-17,19,28H,11-14,18H2,1-10H3;/q+1;-1. The zero-order valence-corrected chi connectivity index (χ0v) is 24.7. The van der Waals surface area contributed by atoms with Gasteiger partial charge < -0.3 is 17.3 Å². The van der Waals surface area contributed by atoms with Gasteiger partial charge >= 0.3 is 7.25 Å². The molecule has 0 radical (unpaired) electrons. The smallest absolute Gasteiger partial charge is 0.418 e. The summed E-state index contributed by atoms with van der Waals surface area (Å²) in [5, 5.41) is 0.585. The van der Waals surface area contributed by atoms with Crippen molar-refractivity contribution >= 4 is 18.1 Å².